The Bertz CT molecular complexity index is 1790. The third-order valence-corrected chi connectivity index (χ3v) is 11.1. The van der Waals surface area contributed by atoms with Crippen LogP contribution in [0.15, 0.2) is 90.1 Å². The van der Waals surface area contributed by atoms with Gasteiger partial charge in [0.25, 0.3) is 0 Å². The Labute approximate surface area is 313 Å². The lowest BCUT2D eigenvalue weighted by Crippen LogP contribution is -2.70. The van der Waals surface area contributed by atoms with Crippen LogP contribution in [0, 0.1) is 17.8 Å². The number of oxime groups is 1. The third-order valence-electron chi connectivity index (χ3n) is 11.1. The monoisotopic (exact) mass is 726 g/mol. The first kappa shape index (κ1) is 38.3. The first-order valence-electron chi connectivity index (χ1n) is 19.1. The Morgan fingerprint density at radius 2 is 1.74 bits per heavy atom. The molecule has 1 amide bonds. The number of carbonyl (C=O) groups excluding carboxylic acids is 1. The summed E-state index contributed by atoms with van der Waals surface area (Å²) in [5, 5.41) is 26.5. The van der Waals surface area contributed by atoms with Crippen molar-refractivity contribution in [3.05, 3.63) is 90.5 Å². The van der Waals surface area contributed by atoms with Crippen LogP contribution in [0.2, 0.25) is 0 Å². The highest BCUT2D eigenvalue weighted by Crippen LogP contribution is 2.62. The zero-order valence-corrected chi connectivity index (χ0v) is 31.2. The van der Waals surface area contributed by atoms with E-state index >= 15 is 0 Å². The minimum Gasteiger partial charge on any atom is -0.459 e. The highest BCUT2D eigenvalue weighted by Gasteiger charge is 2.65. The summed E-state index contributed by atoms with van der Waals surface area (Å²) in [5.41, 5.74) is 2.72. The molecular weight excluding hydrogens is 672 g/mol. The van der Waals surface area contributed by atoms with Gasteiger partial charge in [-0.3, -0.25) is 4.90 Å². The summed E-state index contributed by atoms with van der Waals surface area (Å²) in [4.78, 5) is 20.8. The summed E-state index contributed by atoms with van der Waals surface area (Å²) in [5.74, 6) is 0.472. The minimum absolute atomic E-state index is 0.111. The summed E-state index contributed by atoms with van der Waals surface area (Å²) in [6.45, 7) is 6.87. The summed E-state index contributed by atoms with van der Waals surface area (Å²) in [7, 11) is 2.94. The van der Waals surface area contributed by atoms with E-state index in [4.69, 9.17) is 23.8 Å². The number of hydrogen-bond acceptors (Lipinski definition) is 9. The summed E-state index contributed by atoms with van der Waals surface area (Å²) >= 11 is 0. The molecule has 1 fully saturated rings. The lowest BCUT2D eigenvalue weighted by molar-refractivity contribution is -0.255. The van der Waals surface area contributed by atoms with Crippen LogP contribution in [0.4, 0.5) is 4.79 Å². The maximum atomic E-state index is 13.6. The van der Waals surface area contributed by atoms with Crippen LogP contribution in [-0.2, 0) is 14.3 Å². The maximum absolute atomic E-state index is 13.6. The van der Waals surface area contributed by atoms with Crippen LogP contribution in [0.1, 0.15) is 69.8 Å². The van der Waals surface area contributed by atoms with Crippen molar-refractivity contribution in [2.45, 2.75) is 76.0 Å². The van der Waals surface area contributed by atoms with E-state index in [1.54, 1.807) is 18.1 Å². The van der Waals surface area contributed by atoms with Gasteiger partial charge in [0.15, 0.2) is 0 Å². The molecule has 6 atom stereocenters. The van der Waals surface area contributed by atoms with Crippen molar-refractivity contribution in [3.8, 4) is 17.2 Å². The number of unbranched alkanes of at least 4 members (excludes halogenated alkanes) is 2. The molecule has 10 nitrogen and oxygen atoms in total. The second-order valence-corrected chi connectivity index (χ2v) is 14.2. The summed E-state index contributed by atoms with van der Waals surface area (Å²) in [6.07, 6.45) is 9.39. The van der Waals surface area contributed by atoms with Crippen LogP contribution < -0.4 is 9.47 Å². The number of allylic oxidation sites excluding steroid dienone is 1. The Hall–Kier alpha value is -4.38. The standard InChI is InChI=1S/C43H54N2O8/c1-5-21-45(42(48)49-3)39-28-37(44-50-4)35-26-31(15-9-11-22-46)34(16-10-12-23-47)40-36-27-33(52-32-18-17-29-13-7-8-14-30(29)25-32)19-20-38(36)53-43(39,41(35)40)51-24-6-2/h6-8,13-14,17-20,25-27,31,34,39-41,46-47H,2,5,9-12,15-16,21-24,28H2,1,3-4H3. The molecule has 1 aliphatic heterocycles. The smallest absolute Gasteiger partial charge is 0.409 e. The zero-order valence-electron chi connectivity index (χ0n) is 31.2. The Kier molecular flexibility index (Phi) is 12.8. The average molecular weight is 727 g/mol. The molecule has 6 rings (SSSR count). The van der Waals surface area contributed by atoms with Crippen molar-refractivity contribution >= 4 is 22.6 Å². The van der Waals surface area contributed by atoms with Gasteiger partial charge in [-0.2, -0.15) is 0 Å². The minimum atomic E-state index is -1.32. The van der Waals surface area contributed by atoms with Gasteiger partial charge in [-0.05, 0) is 90.6 Å². The molecule has 0 bridgehead atoms. The van der Waals surface area contributed by atoms with Gasteiger partial charge < -0.3 is 34.0 Å². The molecule has 2 aliphatic carbocycles. The topological polar surface area (TPSA) is 119 Å². The summed E-state index contributed by atoms with van der Waals surface area (Å²) in [6, 6.07) is 19.7. The van der Waals surface area contributed by atoms with Crippen molar-refractivity contribution < 1.29 is 38.8 Å². The predicted octanol–water partition coefficient (Wildman–Crippen LogP) is 8.37. The number of amides is 1. The molecule has 53 heavy (non-hydrogen) atoms. The van der Waals surface area contributed by atoms with E-state index in [0.29, 0.717) is 43.7 Å². The second-order valence-electron chi connectivity index (χ2n) is 14.2. The van der Waals surface area contributed by atoms with Gasteiger partial charge in [-0.15, -0.1) is 6.58 Å². The SMILES string of the molecule is C=CCOC12Oc3ccc(Oc4ccc5ccccc5c4)cc3C3C(CCCCO)C(CCCCO)C=C(C(=NOC)CC1N(CCC)C(=O)OC)C32. The van der Waals surface area contributed by atoms with Crippen LogP contribution >= 0.6 is 0 Å². The molecule has 0 spiro atoms. The number of aliphatic hydroxyl groups is 2. The van der Waals surface area contributed by atoms with Gasteiger partial charge in [-0.1, -0.05) is 67.4 Å². The number of carbonyl (C=O) groups is 1. The first-order chi connectivity index (χ1) is 25.9. The second kappa shape index (κ2) is 17.6. The normalized spacial score (nSPS) is 25.1. The molecule has 10 heteroatoms. The Morgan fingerprint density at radius 1 is 1.00 bits per heavy atom. The van der Waals surface area contributed by atoms with Crippen LogP contribution in [0.3, 0.4) is 0 Å². The van der Waals surface area contributed by atoms with Crippen molar-refractivity contribution in [2.75, 3.05) is 40.6 Å². The van der Waals surface area contributed by atoms with Crippen molar-refractivity contribution in [3.63, 3.8) is 0 Å². The molecule has 1 heterocycles. The van der Waals surface area contributed by atoms with Crippen molar-refractivity contribution in [1.82, 2.24) is 4.90 Å². The largest absolute Gasteiger partial charge is 0.459 e. The van der Waals surface area contributed by atoms with Gasteiger partial charge in [0.05, 0.1) is 25.3 Å². The van der Waals surface area contributed by atoms with Gasteiger partial charge >= 0.3 is 6.09 Å². The lowest BCUT2D eigenvalue weighted by atomic mass is 9.55. The molecule has 3 aromatic carbocycles. The number of hydrogen-bond donors (Lipinski definition) is 2. The average Bonchev–Trinajstić information content (AvgIpc) is 3.18. The van der Waals surface area contributed by atoms with Crippen LogP contribution in [0.5, 0.6) is 17.2 Å². The zero-order chi connectivity index (χ0) is 37.4. The fraction of sp³-hybridized carbons (Fsp3) is 0.488. The Morgan fingerprint density at radius 3 is 2.45 bits per heavy atom. The molecule has 0 saturated heterocycles. The molecule has 2 N–H and O–H groups in total. The predicted molar refractivity (Wildman–Crippen MR) is 205 cm³/mol. The maximum Gasteiger partial charge on any atom is 0.409 e. The van der Waals surface area contributed by atoms with E-state index in [-0.39, 0.29) is 37.6 Å². The molecule has 284 valence electrons. The number of methoxy groups -OCH3 is 1. The van der Waals surface area contributed by atoms with E-state index in [0.717, 1.165) is 59.1 Å². The molecule has 6 unspecified atom stereocenters. The van der Waals surface area contributed by atoms with Gasteiger partial charge in [-0.25, -0.2) is 4.79 Å². The highest BCUT2D eigenvalue weighted by molar-refractivity contribution is 6.03. The highest BCUT2D eigenvalue weighted by atomic mass is 16.7. The molecule has 3 aliphatic rings. The van der Waals surface area contributed by atoms with Crippen LogP contribution in [-0.4, -0.2) is 79.3 Å². The Balaban J connectivity index is 1.56. The van der Waals surface area contributed by atoms with E-state index in [1.165, 1.54) is 7.11 Å². The van der Waals surface area contributed by atoms with E-state index < -0.39 is 23.8 Å². The van der Waals surface area contributed by atoms with Crippen molar-refractivity contribution in [2.24, 2.45) is 22.9 Å². The van der Waals surface area contributed by atoms with Gasteiger partial charge in [0, 0.05) is 37.7 Å². The number of ether oxygens (including phenoxy) is 4. The van der Waals surface area contributed by atoms with E-state index in [1.807, 2.05) is 43.3 Å². The molecule has 3 aromatic rings. The molecule has 1 saturated carbocycles. The van der Waals surface area contributed by atoms with E-state index in [9.17, 15) is 15.0 Å². The van der Waals surface area contributed by atoms with Crippen LogP contribution in [0.25, 0.3) is 10.8 Å². The quantitative estimate of drug-likeness (QED) is 0.0810. The molecule has 0 aromatic heterocycles. The first-order valence-corrected chi connectivity index (χ1v) is 19.1. The number of rotatable bonds is 17. The van der Waals surface area contributed by atoms with Gasteiger partial charge in [0.1, 0.15) is 30.4 Å². The van der Waals surface area contributed by atoms with E-state index in [2.05, 4.69) is 42.1 Å². The number of nitrogens with zero attached hydrogens (tertiary/aromatic N) is 2. The lowest BCUT2D eigenvalue weighted by Gasteiger charge is -2.59. The molecule has 0 radical (unpaired) electrons. The van der Waals surface area contributed by atoms with Gasteiger partial charge in [0.2, 0.25) is 5.79 Å². The third kappa shape index (κ3) is 7.81. The molecular formula is C43H54N2O8. The summed E-state index contributed by atoms with van der Waals surface area (Å²) < 4.78 is 26.1. The number of aliphatic hydroxyl groups excluding tert-OH is 2. The van der Waals surface area contributed by atoms with Crippen molar-refractivity contribution in [1.29, 1.82) is 0 Å². The fourth-order valence-electron chi connectivity index (χ4n) is 8.92. The fourth-order valence-corrected chi connectivity index (χ4v) is 8.92. The number of benzene rings is 3. The number of fused-ring (bicyclic) bond motifs is 3.